The molecule has 1 aromatic carbocycles. The monoisotopic (exact) mass is 262 g/mol. The zero-order valence-corrected chi connectivity index (χ0v) is 10.4. The van der Waals surface area contributed by atoms with E-state index in [1.54, 1.807) is 6.07 Å². The van der Waals surface area contributed by atoms with E-state index >= 15 is 0 Å². The van der Waals surface area contributed by atoms with Gasteiger partial charge in [-0.05, 0) is 31.0 Å². The van der Waals surface area contributed by atoms with E-state index < -0.39 is 5.82 Å². The van der Waals surface area contributed by atoms with Crippen LogP contribution in [0.15, 0.2) is 18.2 Å². The number of anilines is 1. The molecule has 0 radical (unpaired) electrons. The molecule has 100 valence electrons. The minimum absolute atomic E-state index is 0.0169. The first kappa shape index (κ1) is 12.1. The van der Waals surface area contributed by atoms with Crippen molar-refractivity contribution in [3.8, 4) is 0 Å². The predicted octanol–water partition coefficient (Wildman–Crippen LogP) is 1.35. The van der Waals surface area contributed by atoms with Gasteiger partial charge in [-0.25, -0.2) is 4.39 Å². The average Bonchev–Trinajstić information content (AvgIpc) is 2.80. The number of hydrogen-bond donors (Lipinski definition) is 1. The Labute approximate surface area is 110 Å². The number of benzene rings is 1. The van der Waals surface area contributed by atoms with E-state index in [-0.39, 0.29) is 17.9 Å². The van der Waals surface area contributed by atoms with Gasteiger partial charge in [-0.15, -0.1) is 0 Å². The zero-order valence-electron chi connectivity index (χ0n) is 10.4. The summed E-state index contributed by atoms with van der Waals surface area (Å²) in [5.41, 5.74) is 1.02. The number of halogens is 1. The Bertz CT molecular complexity index is 532. The molecule has 2 saturated heterocycles. The summed E-state index contributed by atoms with van der Waals surface area (Å²) in [5.74, 6) is -0.350. The number of nitrogens with one attached hydrogen (secondary N) is 1. The van der Waals surface area contributed by atoms with Crippen LogP contribution < -0.4 is 10.2 Å². The smallest absolute Gasteiger partial charge is 0.225 e. The molecule has 1 amide bonds. The van der Waals surface area contributed by atoms with Crippen LogP contribution in [-0.2, 0) is 4.79 Å². The third-order valence-electron chi connectivity index (χ3n) is 3.97. The molecule has 2 unspecified atom stereocenters. The van der Waals surface area contributed by atoms with Gasteiger partial charge in [0.05, 0.1) is 12.0 Å². The van der Waals surface area contributed by atoms with Crippen molar-refractivity contribution in [3.63, 3.8) is 0 Å². The first-order chi connectivity index (χ1) is 9.19. The number of hydrogen-bond acceptors (Lipinski definition) is 3. The predicted molar refractivity (Wildman–Crippen MR) is 68.7 cm³/mol. The minimum Gasteiger partial charge on any atom is -0.366 e. The second kappa shape index (κ2) is 4.64. The van der Waals surface area contributed by atoms with Crippen LogP contribution in [0.1, 0.15) is 23.2 Å². The van der Waals surface area contributed by atoms with E-state index in [1.165, 1.54) is 12.1 Å². The topological polar surface area (TPSA) is 49.4 Å². The van der Waals surface area contributed by atoms with Crippen LogP contribution in [0.25, 0.3) is 0 Å². The van der Waals surface area contributed by atoms with Crippen LogP contribution in [0.5, 0.6) is 0 Å². The second-order valence-corrected chi connectivity index (χ2v) is 5.12. The Balaban J connectivity index is 1.94. The van der Waals surface area contributed by atoms with Crippen LogP contribution in [0, 0.1) is 11.7 Å². The Hall–Kier alpha value is -1.91. The molecule has 19 heavy (non-hydrogen) atoms. The van der Waals surface area contributed by atoms with E-state index in [0.717, 1.165) is 19.4 Å². The van der Waals surface area contributed by atoms with Crippen molar-refractivity contribution in [2.45, 2.75) is 18.9 Å². The fraction of sp³-hybridized carbons (Fsp3) is 0.429. The number of carbonyl (C=O) groups is 2. The molecule has 3 rings (SSSR count). The SMILES string of the molecule is O=Cc1cc(F)cc(N2CCCC3C(=O)NCC32)c1. The Morgan fingerprint density at radius 1 is 1.37 bits per heavy atom. The molecule has 4 nitrogen and oxygen atoms in total. The first-order valence-electron chi connectivity index (χ1n) is 6.49. The van der Waals surface area contributed by atoms with E-state index in [4.69, 9.17) is 0 Å². The molecule has 1 aromatic rings. The summed E-state index contributed by atoms with van der Waals surface area (Å²) in [6, 6.07) is 4.40. The third-order valence-corrected chi connectivity index (χ3v) is 3.97. The fourth-order valence-corrected chi connectivity index (χ4v) is 3.10. The second-order valence-electron chi connectivity index (χ2n) is 5.12. The summed E-state index contributed by atoms with van der Waals surface area (Å²) >= 11 is 0. The quantitative estimate of drug-likeness (QED) is 0.819. The highest BCUT2D eigenvalue weighted by Crippen LogP contribution is 2.32. The van der Waals surface area contributed by atoms with Gasteiger partial charge in [0.15, 0.2) is 0 Å². The van der Waals surface area contributed by atoms with Gasteiger partial charge in [0.1, 0.15) is 12.1 Å². The lowest BCUT2D eigenvalue weighted by atomic mass is 9.91. The molecule has 5 heteroatoms. The molecule has 2 atom stereocenters. The van der Waals surface area contributed by atoms with Crippen molar-refractivity contribution in [1.29, 1.82) is 0 Å². The van der Waals surface area contributed by atoms with E-state index in [0.29, 0.717) is 24.1 Å². The van der Waals surface area contributed by atoms with Gasteiger partial charge in [-0.2, -0.15) is 0 Å². The summed E-state index contributed by atoms with van der Waals surface area (Å²) in [5, 5.41) is 2.86. The Morgan fingerprint density at radius 3 is 3.00 bits per heavy atom. The molecule has 0 aliphatic carbocycles. The lowest BCUT2D eigenvalue weighted by molar-refractivity contribution is -0.122. The molecular weight excluding hydrogens is 247 g/mol. The first-order valence-corrected chi connectivity index (χ1v) is 6.49. The summed E-state index contributed by atoms with van der Waals surface area (Å²) in [6.45, 7) is 1.38. The third kappa shape index (κ3) is 2.09. The van der Waals surface area contributed by atoms with Gasteiger partial charge in [0.25, 0.3) is 0 Å². The van der Waals surface area contributed by atoms with Crippen molar-refractivity contribution < 1.29 is 14.0 Å². The van der Waals surface area contributed by atoms with E-state index in [1.807, 2.05) is 4.90 Å². The van der Waals surface area contributed by atoms with Crippen molar-refractivity contribution >= 4 is 17.9 Å². The van der Waals surface area contributed by atoms with Crippen molar-refractivity contribution in [3.05, 3.63) is 29.6 Å². The number of carbonyl (C=O) groups excluding carboxylic acids is 2. The average molecular weight is 262 g/mol. The molecule has 0 spiro atoms. The summed E-state index contributed by atoms with van der Waals surface area (Å²) < 4.78 is 13.5. The van der Waals surface area contributed by atoms with Crippen LogP contribution >= 0.6 is 0 Å². The highest BCUT2D eigenvalue weighted by molar-refractivity contribution is 5.83. The molecule has 0 aromatic heterocycles. The van der Waals surface area contributed by atoms with Gasteiger partial charge in [-0.1, -0.05) is 0 Å². The molecule has 2 fully saturated rings. The Morgan fingerprint density at radius 2 is 2.21 bits per heavy atom. The van der Waals surface area contributed by atoms with Crippen LogP contribution in [0.4, 0.5) is 10.1 Å². The molecular formula is C14H15FN2O2. The van der Waals surface area contributed by atoms with Crippen molar-refractivity contribution in [2.75, 3.05) is 18.0 Å². The lowest BCUT2D eigenvalue weighted by Crippen LogP contribution is -2.45. The zero-order chi connectivity index (χ0) is 13.4. The van der Waals surface area contributed by atoms with Gasteiger partial charge in [0, 0.05) is 24.3 Å². The highest BCUT2D eigenvalue weighted by Gasteiger charge is 2.40. The maximum absolute atomic E-state index is 13.5. The maximum atomic E-state index is 13.5. The minimum atomic E-state index is -0.418. The molecule has 2 heterocycles. The van der Waals surface area contributed by atoms with E-state index in [9.17, 15) is 14.0 Å². The highest BCUT2D eigenvalue weighted by atomic mass is 19.1. The molecule has 1 N–H and O–H groups in total. The van der Waals surface area contributed by atoms with Crippen LogP contribution in [0.2, 0.25) is 0 Å². The summed E-state index contributed by atoms with van der Waals surface area (Å²) in [6.07, 6.45) is 2.43. The van der Waals surface area contributed by atoms with Crippen molar-refractivity contribution in [2.24, 2.45) is 5.92 Å². The van der Waals surface area contributed by atoms with Gasteiger partial charge in [0.2, 0.25) is 5.91 Å². The van der Waals surface area contributed by atoms with Gasteiger partial charge in [-0.3, -0.25) is 9.59 Å². The number of piperidine rings is 1. The molecule has 2 aliphatic heterocycles. The van der Waals surface area contributed by atoms with E-state index in [2.05, 4.69) is 5.32 Å². The summed E-state index contributed by atoms with van der Waals surface area (Å²) in [7, 11) is 0. The summed E-state index contributed by atoms with van der Waals surface area (Å²) in [4.78, 5) is 24.6. The number of fused-ring (bicyclic) bond motifs is 1. The maximum Gasteiger partial charge on any atom is 0.225 e. The number of aldehydes is 1. The number of nitrogens with zero attached hydrogens (tertiary/aromatic N) is 1. The molecule has 0 bridgehead atoms. The van der Waals surface area contributed by atoms with Crippen LogP contribution in [-0.4, -0.2) is 31.3 Å². The van der Waals surface area contributed by atoms with Crippen molar-refractivity contribution in [1.82, 2.24) is 5.32 Å². The normalized spacial score (nSPS) is 25.9. The van der Waals surface area contributed by atoms with Gasteiger partial charge >= 0.3 is 0 Å². The number of amides is 1. The van der Waals surface area contributed by atoms with Gasteiger partial charge < -0.3 is 10.2 Å². The number of rotatable bonds is 2. The molecule has 2 aliphatic rings. The fourth-order valence-electron chi connectivity index (χ4n) is 3.10. The lowest BCUT2D eigenvalue weighted by Gasteiger charge is -2.37. The Kier molecular flexibility index (Phi) is 2.97. The van der Waals surface area contributed by atoms with Crippen LogP contribution in [0.3, 0.4) is 0 Å². The standard InChI is InChI=1S/C14H15FN2O2/c15-10-4-9(8-18)5-11(6-10)17-3-1-2-12-13(17)7-16-14(12)19/h4-6,8,12-13H,1-3,7H2,(H,16,19). The molecule has 0 saturated carbocycles. The largest absolute Gasteiger partial charge is 0.366 e.